The van der Waals surface area contributed by atoms with Crippen molar-refractivity contribution in [3.05, 3.63) is 77.4 Å². The molecule has 0 aromatic heterocycles. The monoisotopic (exact) mass is 461 g/mol. The second-order valence-electron chi connectivity index (χ2n) is 7.13. The van der Waals surface area contributed by atoms with Gasteiger partial charge in [0.15, 0.2) is 11.5 Å². The van der Waals surface area contributed by atoms with Crippen molar-refractivity contribution in [3.8, 4) is 28.7 Å². The van der Waals surface area contributed by atoms with Gasteiger partial charge in [-0.05, 0) is 47.5 Å². The molecule has 7 nitrogen and oxygen atoms in total. The van der Waals surface area contributed by atoms with Crippen LogP contribution < -0.4 is 24.3 Å². The van der Waals surface area contributed by atoms with Gasteiger partial charge in [0, 0.05) is 11.6 Å². The molecule has 34 heavy (non-hydrogen) atoms. The molecule has 0 saturated heterocycles. The highest BCUT2D eigenvalue weighted by Gasteiger charge is 2.12. The van der Waals surface area contributed by atoms with Crippen LogP contribution in [0.3, 0.4) is 0 Å². The van der Waals surface area contributed by atoms with Gasteiger partial charge in [0.2, 0.25) is 11.7 Å². The standard InChI is InChI=1S/C27H27NO6/c1-31-23-13-11-18(9-10-19-16-24(32-2)27(34-4)25(17-19)33-3)15-21(23)28-26(30)14-12-20-7-5-6-8-22(20)29/h5-17,29H,1-4H3,(H,28,30)/b10-9+,14-12+. The molecule has 0 unspecified atom stereocenters. The summed E-state index contributed by atoms with van der Waals surface area (Å²) in [5.41, 5.74) is 2.75. The van der Waals surface area contributed by atoms with Gasteiger partial charge in [-0.1, -0.05) is 36.4 Å². The van der Waals surface area contributed by atoms with Crippen molar-refractivity contribution in [2.24, 2.45) is 0 Å². The lowest BCUT2D eigenvalue weighted by atomic mass is 10.1. The van der Waals surface area contributed by atoms with E-state index in [-0.39, 0.29) is 11.7 Å². The Morgan fingerprint density at radius 1 is 0.765 bits per heavy atom. The van der Waals surface area contributed by atoms with Crippen LogP contribution in [0.15, 0.2) is 60.7 Å². The summed E-state index contributed by atoms with van der Waals surface area (Å²) in [6.07, 6.45) is 6.70. The van der Waals surface area contributed by atoms with Crippen LogP contribution in [0.25, 0.3) is 18.2 Å². The van der Waals surface area contributed by atoms with E-state index in [0.717, 1.165) is 11.1 Å². The van der Waals surface area contributed by atoms with Crippen molar-refractivity contribution in [2.45, 2.75) is 0 Å². The summed E-state index contributed by atoms with van der Waals surface area (Å²) in [7, 11) is 6.22. The molecule has 176 valence electrons. The van der Waals surface area contributed by atoms with Crippen LogP contribution in [0, 0.1) is 0 Å². The van der Waals surface area contributed by atoms with Crippen molar-refractivity contribution in [1.82, 2.24) is 0 Å². The normalized spacial score (nSPS) is 10.9. The molecule has 2 N–H and O–H groups in total. The van der Waals surface area contributed by atoms with Gasteiger partial charge in [0.1, 0.15) is 11.5 Å². The number of methoxy groups -OCH3 is 4. The first kappa shape index (κ1) is 24.3. The molecular formula is C27H27NO6. The molecule has 0 radical (unpaired) electrons. The second-order valence-corrected chi connectivity index (χ2v) is 7.13. The van der Waals surface area contributed by atoms with E-state index < -0.39 is 0 Å². The van der Waals surface area contributed by atoms with Gasteiger partial charge in [-0.15, -0.1) is 0 Å². The van der Waals surface area contributed by atoms with Crippen molar-refractivity contribution in [1.29, 1.82) is 0 Å². The van der Waals surface area contributed by atoms with Gasteiger partial charge in [0.05, 0.1) is 34.1 Å². The van der Waals surface area contributed by atoms with E-state index in [9.17, 15) is 9.90 Å². The van der Waals surface area contributed by atoms with E-state index >= 15 is 0 Å². The average Bonchev–Trinajstić information content (AvgIpc) is 2.86. The highest BCUT2D eigenvalue weighted by molar-refractivity contribution is 6.03. The summed E-state index contributed by atoms with van der Waals surface area (Å²) in [6, 6.07) is 15.9. The number of aromatic hydroxyl groups is 1. The van der Waals surface area contributed by atoms with Crippen LogP contribution >= 0.6 is 0 Å². The van der Waals surface area contributed by atoms with Gasteiger partial charge < -0.3 is 29.4 Å². The molecule has 0 atom stereocenters. The molecule has 0 aliphatic rings. The second kappa shape index (κ2) is 11.5. The number of rotatable bonds is 9. The quantitative estimate of drug-likeness (QED) is 0.334. The van der Waals surface area contributed by atoms with E-state index in [1.165, 1.54) is 13.2 Å². The Morgan fingerprint density at radius 3 is 2.03 bits per heavy atom. The largest absolute Gasteiger partial charge is 0.507 e. The Bertz CT molecular complexity index is 1190. The lowest BCUT2D eigenvalue weighted by molar-refractivity contribution is -0.111. The Morgan fingerprint density at radius 2 is 1.41 bits per heavy atom. The molecule has 3 rings (SSSR count). The van der Waals surface area contributed by atoms with E-state index in [0.29, 0.717) is 34.2 Å². The Hall–Kier alpha value is -4.39. The first-order valence-electron chi connectivity index (χ1n) is 10.4. The van der Waals surface area contributed by atoms with E-state index in [2.05, 4.69) is 5.32 Å². The van der Waals surface area contributed by atoms with Crippen molar-refractivity contribution >= 4 is 29.8 Å². The number of ether oxygens (including phenoxy) is 4. The first-order chi connectivity index (χ1) is 16.5. The maximum Gasteiger partial charge on any atom is 0.248 e. The number of benzene rings is 3. The molecule has 0 aliphatic heterocycles. The molecular weight excluding hydrogens is 434 g/mol. The average molecular weight is 462 g/mol. The highest BCUT2D eigenvalue weighted by atomic mass is 16.5. The molecule has 3 aromatic rings. The SMILES string of the molecule is COc1ccc(/C=C/c2cc(OC)c(OC)c(OC)c2)cc1NC(=O)/C=C/c1ccccc1O. The van der Waals surface area contributed by atoms with Gasteiger partial charge >= 0.3 is 0 Å². The summed E-state index contributed by atoms with van der Waals surface area (Å²) in [6.45, 7) is 0. The van der Waals surface area contributed by atoms with Crippen molar-refractivity contribution < 1.29 is 28.8 Å². The Balaban J connectivity index is 1.82. The highest BCUT2D eigenvalue weighted by Crippen LogP contribution is 2.38. The third-order valence-electron chi connectivity index (χ3n) is 4.99. The Kier molecular flexibility index (Phi) is 8.18. The van der Waals surface area contributed by atoms with Crippen LogP contribution in [0.4, 0.5) is 5.69 Å². The van der Waals surface area contributed by atoms with E-state index in [1.807, 2.05) is 30.4 Å². The number of anilines is 1. The number of hydrogen-bond donors (Lipinski definition) is 2. The number of amides is 1. The maximum atomic E-state index is 12.5. The fraction of sp³-hybridized carbons (Fsp3) is 0.148. The number of phenols is 1. The molecule has 3 aromatic carbocycles. The minimum Gasteiger partial charge on any atom is -0.507 e. The number of para-hydroxylation sites is 1. The fourth-order valence-electron chi connectivity index (χ4n) is 3.29. The third-order valence-corrected chi connectivity index (χ3v) is 4.99. The summed E-state index contributed by atoms with van der Waals surface area (Å²) < 4.78 is 21.5. The zero-order valence-corrected chi connectivity index (χ0v) is 19.5. The molecule has 0 aliphatic carbocycles. The summed E-state index contributed by atoms with van der Waals surface area (Å²) in [4.78, 5) is 12.5. The number of hydrogen-bond acceptors (Lipinski definition) is 6. The van der Waals surface area contributed by atoms with Gasteiger partial charge in [0.25, 0.3) is 0 Å². The van der Waals surface area contributed by atoms with Crippen LogP contribution in [0.2, 0.25) is 0 Å². The predicted octanol–water partition coefficient (Wildman–Crippen LogP) is 5.25. The number of phenolic OH excluding ortho intramolecular Hbond substituents is 1. The molecule has 0 heterocycles. The molecule has 0 bridgehead atoms. The number of carbonyl (C=O) groups excluding carboxylic acids is 1. The van der Waals surface area contributed by atoms with Crippen LogP contribution in [-0.2, 0) is 4.79 Å². The maximum absolute atomic E-state index is 12.5. The summed E-state index contributed by atoms with van der Waals surface area (Å²) in [5, 5.41) is 12.7. The lowest BCUT2D eigenvalue weighted by Crippen LogP contribution is -2.09. The number of nitrogens with one attached hydrogen (secondary N) is 1. The first-order valence-corrected chi connectivity index (χ1v) is 10.4. The molecule has 0 fully saturated rings. The zero-order chi connectivity index (χ0) is 24.5. The van der Waals surface area contributed by atoms with E-state index in [4.69, 9.17) is 18.9 Å². The minimum atomic E-state index is -0.354. The number of carbonyl (C=O) groups is 1. The Labute approximate surface area is 198 Å². The molecule has 0 spiro atoms. The summed E-state index contributed by atoms with van der Waals surface area (Å²) in [5.74, 6) is 1.90. The molecule has 7 heteroatoms. The van der Waals surface area contributed by atoms with Crippen molar-refractivity contribution in [2.75, 3.05) is 33.8 Å². The van der Waals surface area contributed by atoms with Crippen molar-refractivity contribution in [3.63, 3.8) is 0 Å². The predicted molar refractivity (Wildman–Crippen MR) is 134 cm³/mol. The lowest BCUT2D eigenvalue weighted by Gasteiger charge is -2.13. The van der Waals surface area contributed by atoms with Gasteiger partial charge in [-0.2, -0.15) is 0 Å². The fourth-order valence-corrected chi connectivity index (χ4v) is 3.29. The third kappa shape index (κ3) is 5.89. The van der Waals surface area contributed by atoms with Gasteiger partial charge in [-0.25, -0.2) is 0 Å². The minimum absolute atomic E-state index is 0.100. The van der Waals surface area contributed by atoms with E-state index in [1.54, 1.807) is 63.8 Å². The van der Waals surface area contributed by atoms with Gasteiger partial charge in [-0.3, -0.25) is 4.79 Å². The summed E-state index contributed by atoms with van der Waals surface area (Å²) >= 11 is 0. The zero-order valence-electron chi connectivity index (χ0n) is 19.5. The van der Waals surface area contributed by atoms with Crippen LogP contribution in [0.1, 0.15) is 16.7 Å². The van der Waals surface area contributed by atoms with Crippen LogP contribution in [0.5, 0.6) is 28.7 Å². The topological polar surface area (TPSA) is 86.3 Å². The smallest absolute Gasteiger partial charge is 0.248 e. The molecule has 0 saturated carbocycles. The molecule has 1 amide bonds. The van der Waals surface area contributed by atoms with Crippen LogP contribution in [-0.4, -0.2) is 39.5 Å².